The van der Waals surface area contributed by atoms with Crippen molar-refractivity contribution in [1.29, 1.82) is 0 Å². The van der Waals surface area contributed by atoms with Crippen LogP contribution >= 0.6 is 11.3 Å². The molecule has 1 aliphatic rings. The van der Waals surface area contributed by atoms with Gasteiger partial charge in [0.1, 0.15) is 5.82 Å². The summed E-state index contributed by atoms with van der Waals surface area (Å²) < 4.78 is 13.5. The van der Waals surface area contributed by atoms with E-state index in [2.05, 4.69) is 10.3 Å². The first-order chi connectivity index (χ1) is 11.5. The van der Waals surface area contributed by atoms with Gasteiger partial charge in [-0.3, -0.25) is 4.79 Å². The number of nitrogens with one attached hydrogen (secondary N) is 1. The van der Waals surface area contributed by atoms with Crippen molar-refractivity contribution >= 4 is 17.2 Å². The lowest BCUT2D eigenvalue weighted by molar-refractivity contribution is -0.121. The molecule has 1 heterocycles. The van der Waals surface area contributed by atoms with Gasteiger partial charge in [-0.15, -0.1) is 11.3 Å². The van der Waals surface area contributed by atoms with Crippen LogP contribution in [0.2, 0.25) is 0 Å². The SMILES string of the molecule is Cc1nc(CCNC(=O)CC(c2ccc(F)c(C)c2)C2CC2)cs1. The molecule has 128 valence electrons. The topological polar surface area (TPSA) is 42.0 Å². The van der Waals surface area contributed by atoms with Crippen LogP contribution in [0.4, 0.5) is 4.39 Å². The standard InChI is InChI=1S/C19H23FN2OS/c1-12-9-15(5-6-18(12)20)17(14-3-4-14)10-19(23)21-8-7-16-11-24-13(2)22-16/h5-6,9,11,14,17H,3-4,7-8,10H2,1-2H3,(H,21,23). The molecule has 1 atom stereocenters. The Bertz CT molecular complexity index is 724. The fraction of sp³-hybridized carbons (Fsp3) is 0.474. The van der Waals surface area contributed by atoms with E-state index < -0.39 is 0 Å². The maximum Gasteiger partial charge on any atom is 0.220 e. The summed E-state index contributed by atoms with van der Waals surface area (Å²) in [5.74, 6) is 0.643. The molecule has 1 fully saturated rings. The molecule has 3 nitrogen and oxygen atoms in total. The van der Waals surface area contributed by atoms with Crippen LogP contribution in [-0.4, -0.2) is 17.4 Å². The first-order valence-electron chi connectivity index (χ1n) is 8.46. The van der Waals surface area contributed by atoms with E-state index in [0.717, 1.165) is 35.5 Å². The molecule has 1 amide bonds. The summed E-state index contributed by atoms with van der Waals surface area (Å²) in [6.45, 7) is 4.37. The van der Waals surface area contributed by atoms with Gasteiger partial charge in [-0.05, 0) is 55.7 Å². The minimum Gasteiger partial charge on any atom is -0.356 e. The molecule has 0 radical (unpaired) electrons. The highest BCUT2D eigenvalue weighted by atomic mass is 32.1. The Labute approximate surface area is 146 Å². The minimum atomic E-state index is -0.184. The van der Waals surface area contributed by atoms with Gasteiger partial charge in [-0.1, -0.05) is 12.1 Å². The number of aryl methyl sites for hydroxylation is 2. The molecule has 1 saturated carbocycles. The van der Waals surface area contributed by atoms with Gasteiger partial charge in [0.15, 0.2) is 0 Å². The molecule has 1 aliphatic carbocycles. The zero-order valence-corrected chi connectivity index (χ0v) is 15.0. The van der Waals surface area contributed by atoms with E-state index in [9.17, 15) is 9.18 Å². The lowest BCUT2D eigenvalue weighted by Gasteiger charge is -2.17. The lowest BCUT2D eigenvalue weighted by atomic mass is 9.89. The van der Waals surface area contributed by atoms with Crippen LogP contribution in [0.5, 0.6) is 0 Å². The molecule has 0 aliphatic heterocycles. The number of aromatic nitrogens is 1. The highest BCUT2D eigenvalue weighted by Gasteiger charge is 2.33. The van der Waals surface area contributed by atoms with Crippen molar-refractivity contribution < 1.29 is 9.18 Å². The van der Waals surface area contributed by atoms with Gasteiger partial charge in [0.25, 0.3) is 0 Å². The van der Waals surface area contributed by atoms with E-state index in [1.165, 1.54) is 6.07 Å². The molecule has 1 aromatic carbocycles. The Morgan fingerprint density at radius 3 is 2.83 bits per heavy atom. The molecule has 1 aromatic heterocycles. The van der Waals surface area contributed by atoms with Crippen LogP contribution < -0.4 is 5.32 Å². The Morgan fingerprint density at radius 1 is 1.42 bits per heavy atom. The largest absolute Gasteiger partial charge is 0.356 e. The Hall–Kier alpha value is -1.75. The van der Waals surface area contributed by atoms with Crippen molar-refractivity contribution in [2.45, 2.75) is 45.4 Å². The Balaban J connectivity index is 1.55. The summed E-state index contributed by atoms with van der Waals surface area (Å²) >= 11 is 1.63. The number of hydrogen-bond acceptors (Lipinski definition) is 3. The second-order valence-corrected chi connectivity index (χ2v) is 7.68. The summed E-state index contributed by atoms with van der Waals surface area (Å²) in [6.07, 6.45) is 3.56. The van der Waals surface area contributed by atoms with Gasteiger partial charge in [0, 0.05) is 24.8 Å². The van der Waals surface area contributed by atoms with Gasteiger partial charge in [-0.2, -0.15) is 0 Å². The molecule has 0 spiro atoms. The Kier molecular flexibility index (Phi) is 5.29. The highest BCUT2D eigenvalue weighted by molar-refractivity contribution is 7.09. The van der Waals surface area contributed by atoms with Crippen LogP contribution in [0, 0.1) is 25.6 Å². The van der Waals surface area contributed by atoms with Crippen molar-refractivity contribution in [3.63, 3.8) is 0 Å². The van der Waals surface area contributed by atoms with Crippen LogP contribution in [-0.2, 0) is 11.2 Å². The third-order valence-corrected chi connectivity index (χ3v) is 5.40. The molecule has 0 saturated heterocycles. The first kappa shape index (κ1) is 17.1. The Morgan fingerprint density at radius 2 is 2.21 bits per heavy atom. The lowest BCUT2D eigenvalue weighted by Crippen LogP contribution is -2.27. The summed E-state index contributed by atoms with van der Waals surface area (Å²) in [4.78, 5) is 16.7. The zero-order valence-electron chi connectivity index (χ0n) is 14.1. The van der Waals surface area contributed by atoms with E-state index >= 15 is 0 Å². The number of hydrogen-bond donors (Lipinski definition) is 1. The first-order valence-corrected chi connectivity index (χ1v) is 9.34. The van der Waals surface area contributed by atoms with Gasteiger partial charge in [0.05, 0.1) is 10.7 Å². The average Bonchev–Trinajstić information content (AvgIpc) is 3.30. The van der Waals surface area contributed by atoms with E-state index in [0.29, 0.717) is 24.4 Å². The molecule has 24 heavy (non-hydrogen) atoms. The molecule has 5 heteroatoms. The molecule has 0 bridgehead atoms. The van der Waals surface area contributed by atoms with Crippen LogP contribution in [0.3, 0.4) is 0 Å². The molecule has 1 N–H and O–H groups in total. The number of halogens is 1. The maximum atomic E-state index is 13.5. The highest BCUT2D eigenvalue weighted by Crippen LogP contribution is 2.44. The van der Waals surface area contributed by atoms with Crippen LogP contribution in [0.1, 0.15) is 47.0 Å². The van der Waals surface area contributed by atoms with Gasteiger partial charge >= 0.3 is 0 Å². The predicted molar refractivity (Wildman–Crippen MR) is 94.8 cm³/mol. The van der Waals surface area contributed by atoms with Crippen LogP contribution in [0.15, 0.2) is 23.6 Å². The summed E-state index contributed by atoms with van der Waals surface area (Å²) in [5, 5.41) is 6.09. The number of thiazole rings is 1. The second-order valence-electron chi connectivity index (χ2n) is 6.61. The molecular weight excluding hydrogens is 323 g/mol. The number of carbonyl (C=O) groups excluding carboxylic acids is 1. The van der Waals surface area contributed by atoms with E-state index in [4.69, 9.17) is 0 Å². The van der Waals surface area contributed by atoms with Crippen LogP contribution in [0.25, 0.3) is 0 Å². The quantitative estimate of drug-likeness (QED) is 0.818. The zero-order chi connectivity index (χ0) is 17.1. The van der Waals surface area contributed by atoms with Crippen molar-refractivity contribution in [1.82, 2.24) is 10.3 Å². The van der Waals surface area contributed by atoms with Gasteiger partial charge in [0.2, 0.25) is 5.91 Å². The fourth-order valence-corrected chi connectivity index (χ4v) is 3.73. The van der Waals surface area contributed by atoms with Crippen molar-refractivity contribution in [3.8, 4) is 0 Å². The number of benzene rings is 1. The second kappa shape index (κ2) is 7.43. The average molecular weight is 346 g/mol. The van der Waals surface area contributed by atoms with Gasteiger partial charge in [-0.25, -0.2) is 9.37 Å². The predicted octanol–water partition coefficient (Wildman–Crippen LogP) is 4.14. The third-order valence-electron chi connectivity index (χ3n) is 4.58. The summed E-state index contributed by atoms with van der Waals surface area (Å²) in [6, 6.07) is 5.24. The molecule has 1 unspecified atom stereocenters. The minimum absolute atomic E-state index is 0.0702. The number of carbonyl (C=O) groups is 1. The monoisotopic (exact) mass is 346 g/mol. The smallest absolute Gasteiger partial charge is 0.220 e. The molecular formula is C19H23FN2OS. The molecule has 2 aromatic rings. The summed E-state index contributed by atoms with van der Waals surface area (Å²) in [7, 11) is 0. The van der Waals surface area contributed by atoms with E-state index in [1.807, 2.05) is 24.4 Å². The maximum absolute atomic E-state index is 13.5. The number of rotatable bonds is 7. The number of amides is 1. The fourth-order valence-electron chi connectivity index (χ4n) is 3.08. The normalized spacial score (nSPS) is 15.3. The van der Waals surface area contributed by atoms with E-state index in [-0.39, 0.29) is 17.6 Å². The van der Waals surface area contributed by atoms with E-state index in [1.54, 1.807) is 18.3 Å². The summed E-state index contributed by atoms with van der Waals surface area (Å²) in [5.41, 5.74) is 2.77. The van der Waals surface area contributed by atoms with Crippen molar-refractivity contribution in [2.24, 2.45) is 5.92 Å². The van der Waals surface area contributed by atoms with Gasteiger partial charge < -0.3 is 5.32 Å². The van der Waals surface area contributed by atoms with Crippen molar-refractivity contribution in [2.75, 3.05) is 6.54 Å². The van der Waals surface area contributed by atoms with Crippen molar-refractivity contribution in [3.05, 3.63) is 51.2 Å². The number of nitrogens with zero attached hydrogens (tertiary/aromatic N) is 1. The third kappa shape index (κ3) is 4.41. The molecule has 3 rings (SSSR count).